The minimum absolute atomic E-state index is 0. The molecular weight excluding hydrogens is 465 g/mol. The molecule has 6 heteroatoms. The number of rotatable bonds is 7. The zero-order valence-corrected chi connectivity index (χ0v) is 20.4. The van der Waals surface area contributed by atoms with E-state index in [0.29, 0.717) is 12.5 Å². The molecule has 2 N–H and O–H groups in total. The second-order valence-electron chi connectivity index (χ2n) is 8.27. The van der Waals surface area contributed by atoms with Gasteiger partial charge in [-0.05, 0) is 36.3 Å². The Balaban J connectivity index is 0.00000392. The molecule has 1 saturated heterocycles. The Bertz CT molecular complexity index is 602. The molecule has 1 aromatic rings. The van der Waals surface area contributed by atoms with E-state index in [1.807, 2.05) is 14.0 Å². The van der Waals surface area contributed by atoms with Gasteiger partial charge in [-0.1, -0.05) is 45.0 Å². The van der Waals surface area contributed by atoms with E-state index in [1.54, 1.807) is 0 Å². The Morgan fingerprint density at radius 2 is 1.93 bits per heavy atom. The fraction of sp³-hybridized carbons (Fsp3) is 0.682. The zero-order chi connectivity index (χ0) is 19.7. The average Bonchev–Trinajstić information content (AvgIpc) is 2.66. The van der Waals surface area contributed by atoms with Gasteiger partial charge >= 0.3 is 0 Å². The first-order valence-corrected chi connectivity index (χ1v) is 10.2. The maximum Gasteiger partial charge on any atom is 0.191 e. The molecule has 28 heavy (non-hydrogen) atoms. The van der Waals surface area contributed by atoms with Crippen LogP contribution in [0.2, 0.25) is 0 Å². The predicted molar refractivity (Wildman–Crippen MR) is 127 cm³/mol. The number of nitrogens with one attached hydrogen (secondary N) is 2. The highest BCUT2D eigenvalue weighted by molar-refractivity contribution is 14.0. The Morgan fingerprint density at radius 1 is 1.21 bits per heavy atom. The molecule has 0 saturated carbocycles. The second-order valence-corrected chi connectivity index (χ2v) is 8.27. The summed E-state index contributed by atoms with van der Waals surface area (Å²) < 4.78 is 11.7. The van der Waals surface area contributed by atoms with Crippen LogP contribution in [-0.4, -0.2) is 38.9 Å². The van der Waals surface area contributed by atoms with Crippen LogP contribution < -0.4 is 10.6 Å². The maximum atomic E-state index is 6.09. The molecule has 1 aliphatic heterocycles. The van der Waals surface area contributed by atoms with Crippen LogP contribution >= 0.6 is 24.0 Å². The molecule has 1 heterocycles. The van der Waals surface area contributed by atoms with Crippen LogP contribution in [0.25, 0.3) is 0 Å². The summed E-state index contributed by atoms with van der Waals surface area (Å²) in [4.78, 5) is 4.39. The zero-order valence-electron chi connectivity index (χ0n) is 18.1. The van der Waals surface area contributed by atoms with Gasteiger partial charge in [0.1, 0.15) is 0 Å². The number of nitrogens with zero attached hydrogens (tertiary/aromatic N) is 1. The predicted octanol–water partition coefficient (Wildman–Crippen LogP) is 4.35. The van der Waals surface area contributed by atoms with Crippen molar-refractivity contribution in [1.29, 1.82) is 0 Å². The highest BCUT2D eigenvalue weighted by atomic mass is 127. The van der Waals surface area contributed by atoms with Crippen molar-refractivity contribution >= 4 is 29.9 Å². The van der Waals surface area contributed by atoms with Gasteiger partial charge in [-0.25, -0.2) is 0 Å². The van der Waals surface area contributed by atoms with Gasteiger partial charge in [-0.15, -0.1) is 24.0 Å². The maximum absolute atomic E-state index is 6.09. The summed E-state index contributed by atoms with van der Waals surface area (Å²) in [5.74, 6) is 1.34. The van der Waals surface area contributed by atoms with Gasteiger partial charge in [0.15, 0.2) is 5.96 Å². The molecule has 1 aromatic carbocycles. The normalized spacial score (nSPS) is 20.4. The van der Waals surface area contributed by atoms with Crippen molar-refractivity contribution in [3.8, 4) is 0 Å². The molecule has 0 bridgehead atoms. The van der Waals surface area contributed by atoms with E-state index in [2.05, 4.69) is 60.7 Å². The summed E-state index contributed by atoms with van der Waals surface area (Å²) in [5, 5.41) is 6.94. The topological polar surface area (TPSA) is 54.9 Å². The first kappa shape index (κ1) is 25.2. The van der Waals surface area contributed by atoms with Crippen molar-refractivity contribution in [2.45, 2.75) is 59.8 Å². The summed E-state index contributed by atoms with van der Waals surface area (Å²) in [6.45, 7) is 12.7. The van der Waals surface area contributed by atoms with Gasteiger partial charge in [0.2, 0.25) is 0 Å². The van der Waals surface area contributed by atoms with E-state index in [-0.39, 0.29) is 35.5 Å². The molecule has 160 valence electrons. The van der Waals surface area contributed by atoms with E-state index in [9.17, 15) is 0 Å². The minimum Gasteiger partial charge on any atom is -0.377 e. The molecule has 0 aliphatic carbocycles. The third-order valence-electron chi connectivity index (χ3n) is 5.08. The lowest BCUT2D eigenvalue weighted by atomic mass is 9.78. The number of hydrogen-bond donors (Lipinski definition) is 2. The number of guanidine groups is 1. The van der Waals surface area contributed by atoms with Gasteiger partial charge in [0, 0.05) is 39.3 Å². The smallest absolute Gasteiger partial charge is 0.191 e. The molecule has 0 radical (unpaired) electrons. The quantitative estimate of drug-likeness (QED) is 0.330. The van der Waals surface area contributed by atoms with Crippen molar-refractivity contribution in [3.63, 3.8) is 0 Å². The van der Waals surface area contributed by atoms with Crippen molar-refractivity contribution in [3.05, 3.63) is 35.4 Å². The SMILES string of the molecule is CCOCc1ccccc1CNC(=NC)NCC1CCCOC1C(C)(C)C.I. The van der Waals surface area contributed by atoms with Crippen LogP contribution in [0.1, 0.15) is 51.7 Å². The molecule has 0 aromatic heterocycles. The Morgan fingerprint density at radius 3 is 2.57 bits per heavy atom. The third kappa shape index (κ3) is 7.87. The standard InChI is InChI=1S/C22H37N3O2.HI/c1-6-26-16-19-11-8-7-10-17(19)14-24-21(23-5)25-15-18-12-9-13-27-20(18)22(2,3)4;/h7-8,10-11,18,20H,6,9,12-16H2,1-5H3,(H2,23,24,25);1H. The molecule has 2 unspecified atom stereocenters. The van der Waals surface area contributed by atoms with E-state index >= 15 is 0 Å². The van der Waals surface area contributed by atoms with Crippen LogP contribution in [0, 0.1) is 11.3 Å². The van der Waals surface area contributed by atoms with E-state index in [4.69, 9.17) is 9.47 Å². The second kappa shape index (κ2) is 12.6. The van der Waals surface area contributed by atoms with Crippen LogP contribution in [0.15, 0.2) is 29.3 Å². The van der Waals surface area contributed by atoms with Crippen LogP contribution in [0.3, 0.4) is 0 Å². The number of halogens is 1. The van der Waals surface area contributed by atoms with Crippen LogP contribution in [-0.2, 0) is 22.6 Å². The Kier molecular flexibility index (Phi) is 11.4. The summed E-state index contributed by atoms with van der Waals surface area (Å²) in [6, 6.07) is 8.38. The molecule has 0 amide bonds. The Hall–Kier alpha value is -0.860. The van der Waals surface area contributed by atoms with Gasteiger partial charge in [-0.3, -0.25) is 4.99 Å². The lowest BCUT2D eigenvalue weighted by Crippen LogP contribution is -2.47. The summed E-state index contributed by atoms with van der Waals surface area (Å²) in [7, 11) is 1.82. The minimum atomic E-state index is 0. The molecule has 2 rings (SSSR count). The highest BCUT2D eigenvalue weighted by Gasteiger charge is 2.35. The summed E-state index contributed by atoms with van der Waals surface area (Å²) in [6.07, 6.45) is 2.61. The first-order chi connectivity index (χ1) is 13.0. The van der Waals surface area contributed by atoms with Gasteiger partial charge in [0.25, 0.3) is 0 Å². The van der Waals surface area contributed by atoms with Crippen molar-refractivity contribution < 1.29 is 9.47 Å². The molecule has 1 fully saturated rings. The summed E-state index contributed by atoms with van der Waals surface area (Å²) >= 11 is 0. The number of benzene rings is 1. The third-order valence-corrected chi connectivity index (χ3v) is 5.08. The van der Waals surface area contributed by atoms with Gasteiger partial charge in [-0.2, -0.15) is 0 Å². The summed E-state index contributed by atoms with van der Waals surface area (Å²) in [5.41, 5.74) is 2.61. The van der Waals surface area contributed by atoms with E-state index in [0.717, 1.165) is 38.7 Å². The molecule has 1 aliphatic rings. The Labute approximate surface area is 188 Å². The monoisotopic (exact) mass is 503 g/mol. The van der Waals surface area contributed by atoms with Crippen LogP contribution in [0.5, 0.6) is 0 Å². The van der Waals surface area contributed by atoms with Crippen molar-refractivity contribution in [1.82, 2.24) is 10.6 Å². The van der Waals surface area contributed by atoms with E-state index < -0.39 is 0 Å². The van der Waals surface area contributed by atoms with Gasteiger partial charge in [0.05, 0.1) is 12.7 Å². The molecule has 5 nitrogen and oxygen atoms in total. The fourth-order valence-electron chi connectivity index (χ4n) is 3.72. The van der Waals surface area contributed by atoms with Gasteiger partial charge < -0.3 is 20.1 Å². The molecule has 0 spiro atoms. The number of hydrogen-bond acceptors (Lipinski definition) is 3. The largest absolute Gasteiger partial charge is 0.377 e. The first-order valence-electron chi connectivity index (χ1n) is 10.2. The fourth-order valence-corrected chi connectivity index (χ4v) is 3.72. The lowest BCUT2D eigenvalue weighted by molar-refractivity contribution is -0.0835. The van der Waals surface area contributed by atoms with Crippen LogP contribution in [0.4, 0.5) is 0 Å². The van der Waals surface area contributed by atoms with Crippen molar-refractivity contribution in [2.24, 2.45) is 16.3 Å². The van der Waals surface area contributed by atoms with E-state index in [1.165, 1.54) is 17.5 Å². The van der Waals surface area contributed by atoms with Crippen molar-refractivity contribution in [2.75, 3.05) is 26.8 Å². The lowest BCUT2D eigenvalue weighted by Gasteiger charge is -2.40. The average molecular weight is 503 g/mol. The number of ether oxygens (including phenoxy) is 2. The molecular formula is C22H38IN3O2. The highest BCUT2D eigenvalue weighted by Crippen LogP contribution is 2.33. The number of aliphatic imine (C=N–C) groups is 1. The molecule has 2 atom stereocenters.